The maximum absolute atomic E-state index is 10.7. The first-order valence-electron chi connectivity index (χ1n) is 10.5. The fourth-order valence-corrected chi connectivity index (χ4v) is 4.22. The Morgan fingerprint density at radius 3 is 2.90 bits per heavy atom. The molecule has 1 aliphatic rings. The lowest BCUT2D eigenvalue weighted by Gasteiger charge is -2.30. The third kappa shape index (κ3) is 4.44. The molecule has 0 radical (unpaired) electrons. The van der Waals surface area contributed by atoms with Gasteiger partial charge in [-0.2, -0.15) is 10.1 Å². The van der Waals surface area contributed by atoms with Crippen LogP contribution in [-0.2, 0) is 24.2 Å². The second-order valence-corrected chi connectivity index (χ2v) is 9.03. The van der Waals surface area contributed by atoms with Crippen molar-refractivity contribution in [2.75, 3.05) is 11.9 Å². The summed E-state index contributed by atoms with van der Waals surface area (Å²) >= 11 is 6.35. The van der Waals surface area contributed by atoms with Gasteiger partial charge in [0.2, 0.25) is 5.82 Å². The number of rotatable bonds is 7. The number of carboxylic acids is 1. The Hall–Kier alpha value is -2.87. The number of hydrogen-bond acceptors (Lipinski definition) is 6. The fourth-order valence-electron chi connectivity index (χ4n) is 3.97. The van der Waals surface area contributed by atoms with Gasteiger partial charge in [-0.25, -0.2) is 0 Å². The van der Waals surface area contributed by atoms with Crippen molar-refractivity contribution in [3.8, 4) is 23.0 Å². The Morgan fingerprint density at radius 2 is 2.19 bits per heavy atom. The number of carboxylic acid groups (broad SMARTS) is 1. The molecule has 0 fully saturated rings. The van der Waals surface area contributed by atoms with Crippen molar-refractivity contribution in [1.29, 1.82) is 0 Å². The van der Waals surface area contributed by atoms with Gasteiger partial charge in [0, 0.05) is 29.9 Å². The van der Waals surface area contributed by atoms with Gasteiger partial charge >= 0.3 is 5.97 Å². The normalized spacial score (nSPS) is 15.0. The summed E-state index contributed by atoms with van der Waals surface area (Å²) < 4.78 is 7.63. The number of carbonyl (C=O) groups is 1. The van der Waals surface area contributed by atoms with Crippen LogP contribution in [0.5, 0.6) is 0 Å². The molecule has 0 atom stereocenters. The quantitative estimate of drug-likeness (QED) is 0.546. The van der Waals surface area contributed by atoms with Crippen LogP contribution < -0.4 is 5.32 Å². The summed E-state index contributed by atoms with van der Waals surface area (Å²) in [4.78, 5) is 15.3. The molecule has 1 aliphatic carbocycles. The number of hydrogen-bond donors (Lipinski definition) is 2. The standard InChI is InChI=1S/C22H26ClN5O3/c1-4-28-17-12-22(2,3)9-7-14(17)19(26-28)21-25-20(27-31-21)13-5-6-16(15(23)11-13)24-10-8-18(29)30/h5-6,11,24H,4,7-10,12H2,1-3H3,(H,29,30). The summed E-state index contributed by atoms with van der Waals surface area (Å²) in [5, 5.41) is 21.1. The van der Waals surface area contributed by atoms with Crippen LogP contribution in [0.25, 0.3) is 23.0 Å². The Kier molecular flexibility index (Phi) is 5.75. The van der Waals surface area contributed by atoms with E-state index in [1.165, 1.54) is 11.3 Å². The third-order valence-corrected chi connectivity index (χ3v) is 5.99. The van der Waals surface area contributed by atoms with Crippen LogP contribution in [-0.4, -0.2) is 37.5 Å². The van der Waals surface area contributed by atoms with Gasteiger partial charge in [-0.3, -0.25) is 9.48 Å². The minimum Gasteiger partial charge on any atom is -0.481 e. The van der Waals surface area contributed by atoms with Crippen molar-refractivity contribution in [3.63, 3.8) is 0 Å². The lowest BCUT2D eigenvalue weighted by Crippen LogP contribution is -2.24. The monoisotopic (exact) mass is 443 g/mol. The highest BCUT2D eigenvalue weighted by Gasteiger charge is 2.32. The molecule has 3 aromatic rings. The molecular weight excluding hydrogens is 418 g/mol. The molecule has 0 spiro atoms. The van der Waals surface area contributed by atoms with Crippen LogP contribution in [0.15, 0.2) is 22.7 Å². The predicted octanol–water partition coefficient (Wildman–Crippen LogP) is 4.67. The summed E-state index contributed by atoms with van der Waals surface area (Å²) in [6, 6.07) is 5.35. The number of nitrogens with zero attached hydrogens (tertiary/aromatic N) is 4. The molecule has 2 aromatic heterocycles. The molecule has 0 aliphatic heterocycles. The number of nitrogens with one attached hydrogen (secondary N) is 1. The molecule has 0 unspecified atom stereocenters. The molecule has 2 N–H and O–H groups in total. The Balaban J connectivity index is 1.59. The average molecular weight is 444 g/mol. The molecule has 1 aromatic carbocycles. The van der Waals surface area contributed by atoms with Crippen LogP contribution in [0.2, 0.25) is 5.02 Å². The summed E-state index contributed by atoms with van der Waals surface area (Å²) in [5.41, 5.74) is 4.86. The molecule has 9 heteroatoms. The summed E-state index contributed by atoms with van der Waals surface area (Å²) in [7, 11) is 0. The van der Waals surface area contributed by atoms with Crippen LogP contribution >= 0.6 is 11.6 Å². The highest BCUT2D eigenvalue weighted by Crippen LogP contribution is 2.39. The lowest BCUT2D eigenvalue weighted by atomic mass is 9.76. The number of anilines is 1. The van der Waals surface area contributed by atoms with Gasteiger partial charge in [0.05, 0.1) is 17.1 Å². The molecule has 0 saturated heterocycles. The van der Waals surface area contributed by atoms with Crippen LogP contribution in [0.4, 0.5) is 5.69 Å². The molecule has 0 amide bonds. The SMILES string of the molecule is CCn1nc(-c2nc(-c3ccc(NCCC(=O)O)c(Cl)c3)no2)c2c1CC(C)(C)CC2. The van der Waals surface area contributed by atoms with E-state index in [0.29, 0.717) is 34.5 Å². The highest BCUT2D eigenvalue weighted by molar-refractivity contribution is 6.33. The van der Waals surface area contributed by atoms with E-state index in [2.05, 4.69) is 36.2 Å². The maximum Gasteiger partial charge on any atom is 0.305 e. The van der Waals surface area contributed by atoms with Crippen LogP contribution in [0, 0.1) is 5.41 Å². The van der Waals surface area contributed by atoms with Gasteiger partial charge in [0.25, 0.3) is 5.89 Å². The van der Waals surface area contributed by atoms with E-state index in [1.807, 2.05) is 10.7 Å². The summed E-state index contributed by atoms with van der Waals surface area (Å²) in [5.74, 6) is -0.0151. The van der Waals surface area contributed by atoms with Crippen LogP contribution in [0.1, 0.15) is 44.9 Å². The Bertz CT molecular complexity index is 1120. The predicted molar refractivity (Wildman–Crippen MR) is 118 cm³/mol. The zero-order chi connectivity index (χ0) is 22.2. The molecule has 31 heavy (non-hydrogen) atoms. The first kappa shape index (κ1) is 21.4. The zero-order valence-electron chi connectivity index (χ0n) is 17.9. The Morgan fingerprint density at radius 1 is 1.39 bits per heavy atom. The van der Waals surface area contributed by atoms with E-state index in [4.69, 9.17) is 26.3 Å². The topological polar surface area (TPSA) is 106 Å². The van der Waals surface area contributed by atoms with E-state index in [-0.39, 0.29) is 11.8 Å². The molecule has 4 rings (SSSR count). The number of aliphatic carboxylic acids is 1. The van der Waals surface area contributed by atoms with E-state index in [0.717, 1.165) is 31.5 Å². The van der Waals surface area contributed by atoms with Gasteiger partial charge < -0.3 is 14.9 Å². The molecule has 2 heterocycles. The highest BCUT2D eigenvalue weighted by atomic mass is 35.5. The number of fused-ring (bicyclic) bond motifs is 1. The molecule has 164 valence electrons. The average Bonchev–Trinajstić information content (AvgIpc) is 3.32. The molecular formula is C22H26ClN5O3. The second-order valence-electron chi connectivity index (χ2n) is 8.62. The largest absolute Gasteiger partial charge is 0.481 e. The second kappa shape index (κ2) is 8.34. The van der Waals surface area contributed by atoms with Crippen molar-refractivity contribution in [3.05, 3.63) is 34.5 Å². The van der Waals surface area contributed by atoms with E-state index in [9.17, 15) is 4.79 Å². The third-order valence-electron chi connectivity index (χ3n) is 5.67. The van der Waals surface area contributed by atoms with Crippen molar-refractivity contribution in [2.24, 2.45) is 5.41 Å². The zero-order valence-corrected chi connectivity index (χ0v) is 18.7. The maximum atomic E-state index is 10.7. The molecule has 0 bridgehead atoms. The summed E-state index contributed by atoms with van der Waals surface area (Å²) in [6.45, 7) is 7.76. The van der Waals surface area contributed by atoms with Crippen LogP contribution in [0.3, 0.4) is 0 Å². The van der Waals surface area contributed by atoms with Crippen molar-refractivity contribution in [1.82, 2.24) is 19.9 Å². The van der Waals surface area contributed by atoms with Crippen molar-refractivity contribution >= 4 is 23.3 Å². The number of halogens is 1. The van der Waals surface area contributed by atoms with Gasteiger partial charge in [-0.1, -0.05) is 30.6 Å². The first-order chi connectivity index (χ1) is 14.8. The number of benzene rings is 1. The minimum atomic E-state index is -0.865. The molecule has 0 saturated carbocycles. The lowest BCUT2D eigenvalue weighted by molar-refractivity contribution is -0.136. The first-order valence-corrected chi connectivity index (χ1v) is 10.8. The van der Waals surface area contributed by atoms with Gasteiger partial charge in [-0.15, -0.1) is 0 Å². The van der Waals surface area contributed by atoms with Crippen molar-refractivity contribution < 1.29 is 14.4 Å². The minimum absolute atomic E-state index is 0.0121. The fraction of sp³-hybridized carbons (Fsp3) is 0.455. The van der Waals surface area contributed by atoms with E-state index in [1.54, 1.807) is 12.1 Å². The molecule has 8 nitrogen and oxygen atoms in total. The smallest absolute Gasteiger partial charge is 0.305 e. The van der Waals surface area contributed by atoms with E-state index < -0.39 is 5.97 Å². The Labute approximate surface area is 185 Å². The summed E-state index contributed by atoms with van der Waals surface area (Å²) in [6.07, 6.45) is 3.03. The van der Waals surface area contributed by atoms with Gasteiger partial charge in [0.15, 0.2) is 5.69 Å². The number of aryl methyl sites for hydroxylation is 1. The number of aromatic nitrogens is 4. The van der Waals surface area contributed by atoms with Crippen molar-refractivity contribution in [2.45, 2.75) is 53.0 Å². The van der Waals surface area contributed by atoms with E-state index >= 15 is 0 Å². The van der Waals surface area contributed by atoms with Gasteiger partial charge in [0.1, 0.15) is 0 Å². The van der Waals surface area contributed by atoms with Gasteiger partial charge in [-0.05, 0) is 49.8 Å².